The van der Waals surface area contributed by atoms with Crippen LogP contribution in [0.2, 0.25) is 0 Å². The number of fused-ring (bicyclic) bond motifs is 2. The van der Waals surface area contributed by atoms with Crippen molar-refractivity contribution in [3.05, 3.63) is 101 Å². The number of amides is 3. The second-order valence-electron chi connectivity index (χ2n) is 11.2. The van der Waals surface area contributed by atoms with Gasteiger partial charge in [0, 0.05) is 23.7 Å². The van der Waals surface area contributed by atoms with Gasteiger partial charge in [0.2, 0.25) is 5.91 Å². The summed E-state index contributed by atoms with van der Waals surface area (Å²) in [6.07, 6.45) is 1.00. The first-order valence-electron chi connectivity index (χ1n) is 14.2. The van der Waals surface area contributed by atoms with Crippen molar-refractivity contribution in [1.29, 1.82) is 0 Å². The minimum absolute atomic E-state index is 0.0125. The van der Waals surface area contributed by atoms with E-state index >= 15 is 0 Å². The molecule has 1 heterocycles. The van der Waals surface area contributed by atoms with Gasteiger partial charge in [-0.3, -0.25) is 14.4 Å². The average molecular weight is 556 g/mol. The number of benzene rings is 3. The van der Waals surface area contributed by atoms with Crippen LogP contribution in [0.3, 0.4) is 0 Å². The largest absolute Gasteiger partial charge is 0.508 e. The third-order valence-corrected chi connectivity index (χ3v) is 8.62. The first-order chi connectivity index (χ1) is 19.7. The van der Waals surface area contributed by atoms with E-state index in [9.17, 15) is 24.6 Å². The Bertz CT molecular complexity index is 1430. The highest BCUT2D eigenvalue weighted by molar-refractivity contribution is 5.97. The Labute approximate surface area is 240 Å². The summed E-state index contributed by atoms with van der Waals surface area (Å²) in [7, 11) is 0. The number of aliphatic hydroxyl groups excluding tert-OH is 1. The molecular weight excluding hydrogens is 518 g/mol. The molecule has 1 saturated heterocycles. The molecule has 5 rings (SSSR count). The van der Waals surface area contributed by atoms with Crippen LogP contribution in [0.4, 0.5) is 0 Å². The van der Waals surface area contributed by atoms with Gasteiger partial charge in [-0.05, 0) is 74.3 Å². The van der Waals surface area contributed by atoms with Crippen molar-refractivity contribution in [3.8, 4) is 5.75 Å². The second-order valence-corrected chi connectivity index (χ2v) is 11.2. The fraction of sp³-hybridized carbons (Fsp3) is 0.364. The Kier molecular flexibility index (Phi) is 8.40. The predicted octanol–water partition coefficient (Wildman–Crippen LogP) is 3.41. The van der Waals surface area contributed by atoms with E-state index in [1.807, 2.05) is 61.5 Å². The van der Waals surface area contributed by atoms with Gasteiger partial charge in [0.05, 0.1) is 6.04 Å². The zero-order chi connectivity index (χ0) is 29.1. The maximum atomic E-state index is 14.0. The Morgan fingerprint density at radius 1 is 0.951 bits per heavy atom. The summed E-state index contributed by atoms with van der Waals surface area (Å²) in [6.45, 7) is 3.99. The number of nitrogens with one attached hydrogen (secondary N) is 2. The van der Waals surface area contributed by atoms with Crippen LogP contribution in [0.1, 0.15) is 51.9 Å². The van der Waals surface area contributed by atoms with Crippen molar-refractivity contribution in [2.75, 3.05) is 0 Å². The molecule has 3 amide bonds. The predicted molar refractivity (Wildman–Crippen MR) is 155 cm³/mol. The van der Waals surface area contributed by atoms with E-state index in [4.69, 9.17) is 0 Å². The molecule has 0 aromatic heterocycles. The lowest BCUT2D eigenvalue weighted by Gasteiger charge is -2.37. The number of likely N-dealkylation sites (tertiary alicyclic amines) is 1. The molecule has 3 aromatic carbocycles. The van der Waals surface area contributed by atoms with Gasteiger partial charge < -0.3 is 25.7 Å². The number of aliphatic hydroxyl groups is 1. The maximum Gasteiger partial charge on any atom is 0.254 e. The Morgan fingerprint density at radius 3 is 2.44 bits per heavy atom. The zero-order valence-electron chi connectivity index (χ0n) is 23.4. The molecule has 1 aliphatic heterocycles. The van der Waals surface area contributed by atoms with Crippen LogP contribution >= 0.6 is 0 Å². The molecule has 41 heavy (non-hydrogen) atoms. The van der Waals surface area contributed by atoms with Crippen LogP contribution in [0.5, 0.6) is 5.75 Å². The van der Waals surface area contributed by atoms with Crippen LogP contribution < -0.4 is 10.6 Å². The molecule has 5 atom stereocenters. The van der Waals surface area contributed by atoms with Gasteiger partial charge in [-0.1, -0.05) is 60.7 Å². The number of rotatable bonds is 9. The first kappa shape index (κ1) is 28.4. The van der Waals surface area contributed by atoms with E-state index in [-0.39, 0.29) is 35.6 Å². The van der Waals surface area contributed by atoms with Crippen molar-refractivity contribution in [3.63, 3.8) is 0 Å². The fourth-order valence-electron chi connectivity index (χ4n) is 6.29. The van der Waals surface area contributed by atoms with Crippen LogP contribution in [0, 0.1) is 19.8 Å². The van der Waals surface area contributed by atoms with Crippen LogP contribution in [-0.2, 0) is 22.6 Å². The number of hydrogen-bond acceptors (Lipinski definition) is 5. The van der Waals surface area contributed by atoms with E-state index < -0.39 is 30.0 Å². The summed E-state index contributed by atoms with van der Waals surface area (Å²) in [4.78, 5) is 42.3. The van der Waals surface area contributed by atoms with Gasteiger partial charge in [0.25, 0.3) is 11.8 Å². The minimum Gasteiger partial charge on any atom is -0.508 e. The Balaban J connectivity index is 1.36. The molecule has 2 aliphatic rings. The minimum atomic E-state index is -1.57. The molecule has 2 bridgehead atoms. The van der Waals surface area contributed by atoms with Gasteiger partial charge in [0.1, 0.15) is 11.8 Å². The van der Waals surface area contributed by atoms with Crippen molar-refractivity contribution >= 4 is 17.7 Å². The summed E-state index contributed by atoms with van der Waals surface area (Å²) < 4.78 is 0. The maximum absolute atomic E-state index is 14.0. The molecule has 1 saturated carbocycles. The third kappa shape index (κ3) is 5.98. The summed E-state index contributed by atoms with van der Waals surface area (Å²) in [5, 5.41) is 27.5. The number of nitrogens with zero attached hydrogens (tertiary/aromatic N) is 1. The third-order valence-electron chi connectivity index (χ3n) is 8.62. The highest BCUT2D eigenvalue weighted by Gasteiger charge is 2.52. The number of phenols is 1. The van der Waals surface area contributed by atoms with Crippen LogP contribution in [0.15, 0.2) is 72.8 Å². The lowest BCUT2D eigenvalue weighted by atomic mass is 9.95. The molecule has 2 fully saturated rings. The van der Waals surface area contributed by atoms with E-state index in [1.54, 1.807) is 24.0 Å². The highest BCUT2D eigenvalue weighted by atomic mass is 16.3. The smallest absolute Gasteiger partial charge is 0.254 e. The quantitative estimate of drug-likeness (QED) is 0.323. The Hall–Kier alpha value is -4.17. The Morgan fingerprint density at radius 2 is 1.68 bits per heavy atom. The molecular formula is C33H37N3O5. The molecule has 214 valence electrons. The van der Waals surface area contributed by atoms with Crippen LogP contribution in [0.25, 0.3) is 0 Å². The number of aromatic hydroxyl groups is 1. The van der Waals surface area contributed by atoms with Gasteiger partial charge >= 0.3 is 0 Å². The second kappa shape index (κ2) is 12.1. The monoisotopic (exact) mass is 555 g/mol. The van der Waals surface area contributed by atoms with Crippen LogP contribution in [-0.4, -0.2) is 57.1 Å². The number of phenolic OH excluding ortho intramolecular Hbond substituents is 1. The molecule has 1 aliphatic carbocycles. The number of piperidine rings is 1. The molecule has 8 heteroatoms. The van der Waals surface area contributed by atoms with Crippen molar-refractivity contribution in [2.45, 2.75) is 70.3 Å². The zero-order valence-corrected chi connectivity index (χ0v) is 23.4. The summed E-state index contributed by atoms with van der Waals surface area (Å²) in [6, 6.07) is 20.1. The van der Waals surface area contributed by atoms with E-state index in [1.165, 1.54) is 6.07 Å². The van der Waals surface area contributed by atoms with E-state index in [2.05, 4.69) is 10.6 Å². The molecule has 0 spiro atoms. The van der Waals surface area contributed by atoms with E-state index in [0.717, 1.165) is 36.0 Å². The topological polar surface area (TPSA) is 119 Å². The average Bonchev–Trinajstić information content (AvgIpc) is 3.60. The molecule has 0 radical (unpaired) electrons. The molecule has 8 nitrogen and oxygen atoms in total. The number of hydrogen-bond donors (Lipinski definition) is 4. The van der Waals surface area contributed by atoms with Crippen molar-refractivity contribution in [1.82, 2.24) is 15.5 Å². The first-order valence-corrected chi connectivity index (χ1v) is 14.2. The number of carbonyl (C=O) groups is 3. The molecule has 5 unspecified atom stereocenters. The normalized spacial score (nSPS) is 20.9. The van der Waals surface area contributed by atoms with Gasteiger partial charge in [-0.2, -0.15) is 0 Å². The number of aryl methyl sites for hydroxylation is 1. The highest BCUT2D eigenvalue weighted by Crippen LogP contribution is 2.43. The fourth-order valence-corrected chi connectivity index (χ4v) is 6.29. The standard InChI is InChI=1S/C33H37N3O5/c1-20-9-6-7-12-24(20)19-34-32(40)29-23-15-16-25(18-23)36(29)33(41)30(38)27(17-22-10-4-3-5-11-22)35-31(39)26-13-8-14-28(37)21(26)2/h3-14,23,25,27,29-30,37-38H,15-19H2,1-2H3,(H,34,40)(H,35,39). The molecule has 4 N–H and O–H groups in total. The summed E-state index contributed by atoms with van der Waals surface area (Å²) in [5.41, 5.74) is 3.59. The van der Waals surface area contributed by atoms with Gasteiger partial charge in [0.15, 0.2) is 6.10 Å². The molecule has 3 aromatic rings. The van der Waals surface area contributed by atoms with Gasteiger partial charge in [-0.15, -0.1) is 0 Å². The number of carbonyl (C=O) groups excluding carboxylic acids is 3. The van der Waals surface area contributed by atoms with Gasteiger partial charge in [-0.25, -0.2) is 0 Å². The lowest BCUT2D eigenvalue weighted by Crippen LogP contribution is -2.59. The lowest BCUT2D eigenvalue weighted by molar-refractivity contribution is -0.150. The van der Waals surface area contributed by atoms with E-state index in [0.29, 0.717) is 12.1 Å². The SMILES string of the molecule is Cc1ccccc1CNC(=O)C1C2CCC(C2)N1C(=O)C(O)C(Cc1ccccc1)NC(=O)c1cccc(O)c1C. The van der Waals surface area contributed by atoms with Crippen molar-refractivity contribution in [2.24, 2.45) is 5.92 Å². The van der Waals surface area contributed by atoms with Crippen molar-refractivity contribution < 1.29 is 24.6 Å². The summed E-state index contributed by atoms with van der Waals surface area (Å²) in [5.74, 6) is -1.25. The summed E-state index contributed by atoms with van der Waals surface area (Å²) >= 11 is 0.